The summed E-state index contributed by atoms with van der Waals surface area (Å²) in [5.41, 5.74) is 1.49. The maximum atomic E-state index is 13.8. The average Bonchev–Trinajstić information content (AvgIpc) is 2.96. The first-order valence-electron chi connectivity index (χ1n) is 6.69. The highest BCUT2D eigenvalue weighted by molar-refractivity contribution is 6.30. The van der Waals surface area contributed by atoms with Crippen molar-refractivity contribution in [3.05, 3.63) is 64.6 Å². The van der Waals surface area contributed by atoms with Crippen molar-refractivity contribution in [2.75, 3.05) is 0 Å². The van der Waals surface area contributed by atoms with Crippen LogP contribution in [0, 0.1) is 12.7 Å². The number of carbonyl (C=O) groups is 1. The van der Waals surface area contributed by atoms with Crippen molar-refractivity contribution in [3.63, 3.8) is 0 Å². The van der Waals surface area contributed by atoms with E-state index in [1.807, 2.05) is 0 Å². The van der Waals surface area contributed by atoms with Crippen LogP contribution in [0.25, 0.3) is 16.9 Å². The molecule has 0 bridgehead atoms. The van der Waals surface area contributed by atoms with Gasteiger partial charge >= 0.3 is 5.97 Å². The summed E-state index contributed by atoms with van der Waals surface area (Å²) in [4.78, 5) is 11.4. The van der Waals surface area contributed by atoms with Gasteiger partial charge in [0.1, 0.15) is 11.5 Å². The third kappa shape index (κ3) is 2.80. The van der Waals surface area contributed by atoms with Gasteiger partial charge in [0.15, 0.2) is 5.69 Å². The van der Waals surface area contributed by atoms with Gasteiger partial charge < -0.3 is 5.11 Å². The molecule has 3 aromatic rings. The largest absolute Gasteiger partial charge is 0.476 e. The molecule has 0 saturated heterocycles. The Labute approximate surface area is 135 Å². The van der Waals surface area contributed by atoms with Gasteiger partial charge in [-0.15, -0.1) is 5.10 Å². The zero-order chi connectivity index (χ0) is 16.6. The predicted molar refractivity (Wildman–Crippen MR) is 83.5 cm³/mol. The molecule has 1 N–H and O–H groups in total. The summed E-state index contributed by atoms with van der Waals surface area (Å²) in [5.74, 6) is -1.62. The second-order valence-corrected chi connectivity index (χ2v) is 5.38. The van der Waals surface area contributed by atoms with Crippen molar-refractivity contribution in [2.45, 2.75) is 6.92 Å². The van der Waals surface area contributed by atoms with Crippen molar-refractivity contribution in [1.29, 1.82) is 0 Å². The summed E-state index contributed by atoms with van der Waals surface area (Å²) < 4.78 is 15.1. The molecule has 1 heterocycles. The first-order valence-corrected chi connectivity index (χ1v) is 7.06. The number of carboxylic acids is 1. The summed E-state index contributed by atoms with van der Waals surface area (Å²) in [5, 5.41) is 17.4. The van der Waals surface area contributed by atoms with Crippen molar-refractivity contribution in [1.82, 2.24) is 15.0 Å². The topological polar surface area (TPSA) is 68.0 Å². The van der Waals surface area contributed by atoms with Crippen LogP contribution in [0.3, 0.4) is 0 Å². The van der Waals surface area contributed by atoms with E-state index < -0.39 is 11.8 Å². The van der Waals surface area contributed by atoms with Crippen LogP contribution in [-0.2, 0) is 0 Å². The van der Waals surface area contributed by atoms with Gasteiger partial charge in [0.05, 0.1) is 5.69 Å². The molecular formula is C16H11ClFN3O2. The molecular weight excluding hydrogens is 321 g/mol. The van der Waals surface area contributed by atoms with Crippen molar-refractivity contribution in [2.24, 2.45) is 0 Å². The summed E-state index contributed by atoms with van der Waals surface area (Å²) in [7, 11) is 0. The molecule has 0 spiro atoms. The molecule has 2 aromatic carbocycles. The Bertz CT molecular complexity index is 891. The van der Waals surface area contributed by atoms with Gasteiger partial charge in [-0.1, -0.05) is 35.0 Å². The SMILES string of the molecule is Cc1ccc(-n2nnc(C(=O)O)c2-c2ccc(Cl)cc2)cc1F. The fraction of sp³-hybridized carbons (Fsp3) is 0.0625. The Balaban J connectivity index is 2.23. The van der Waals surface area contributed by atoms with E-state index in [-0.39, 0.29) is 11.4 Å². The molecule has 1 aromatic heterocycles. The Kier molecular flexibility index (Phi) is 3.83. The first-order chi connectivity index (χ1) is 11.0. The number of aromatic nitrogens is 3. The third-order valence-electron chi connectivity index (χ3n) is 3.39. The molecule has 7 heteroatoms. The molecule has 0 radical (unpaired) electrons. The fourth-order valence-electron chi connectivity index (χ4n) is 2.19. The second-order valence-electron chi connectivity index (χ2n) is 4.94. The fourth-order valence-corrected chi connectivity index (χ4v) is 2.31. The van der Waals surface area contributed by atoms with Crippen LogP contribution in [0.1, 0.15) is 16.1 Å². The van der Waals surface area contributed by atoms with Crippen LogP contribution in [0.2, 0.25) is 5.02 Å². The van der Waals surface area contributed by atoms with Gasteiger partial charge in [0.2, 0.25) is 0 Å². The number of benzene rings is 2. The minimum atomic E-state index is -1.21. The van der Waals surface area contributed by atoms with E-state index >= 15 is 0 Å². The van der Waals surface area contributed by atoms with Gasteiger partial charge in [0.25, 0.3) is 0 Å². The molecule has 0 unspecified atom stereocenters. The number of carboxylic acid groups (broad SMARTS) is 1. The highest BCUT2D eigenvalue weighted by Gasteiger charge is 2.21. The monoisotopic (exact) mass is 331 g/mol. The van der Waals surface area contributed by atoms with E-state index in [1.54, 1.807) is 43.3 Å². The minimum Gasteiger partial charge on any atom is -0.476 e. The number of hydrogen-bond donors (Lipinski definition) is 1. The maximum absolute atomic E-state index is 13.8. The molecule has 0 saturated carbocycles. The van der Waals surface area contributed by atoms with Crippen LogP contribution >= 0.6 is 11.6 Å². The first kappa shape index (κ1) is 15.2. The zero-order valence-corrected chi connectivity index (χ0v) is 12.8. The van der Waals surface area contributed by atoms with Crippen LogP contribution in [0.5, 0.6) is 0 Å². The molecule has 3 rings (SSSR count). The molecule has 5 nitrogen and oxygen atoms in total. The number of hydrogen-bond acceptors (Lipinski definition) is 3. The van der Waals surface area contributed by atoms with E-state index in [1.165, 1.54) is 10.7 Å². The lowest BCUT2D eigenvalue weighted by molar-refractivity contribution is 0.0691. The molecule has 0 aliphatic rings. The standard InChI is InChI=1S/C16H11ClFN3O2/c1-9-2-7-12(8-13(9)18)21-15(14(16(22)23)19-20-21)10-3-5-11(17)6-4-10/h2-8H,1H3,(H,22,23). The van der Waals surface area contributed by atoms with Gasteiger partial charge in [-0.3, -0.25) is 0 Å². The lowest BCUT2D eigenvalue weighted by Gasteiger charge is -2.08. The van der Waals surface area contributed by atoms with Gasteiger partial charge in [-0.2, -0.15) is 0 Å². The highest BCUT2D eigenvalue weighted by atomic mass is 35.5. The Morgan fingerprint density at radius 1 is 1.22 bits per heavy atom. The maximum Gasteiger partial charge on any atom is 0.358 e. The number of aromatic carboxylic acids is 1. The van der Waals surface area contributed by atoms with E-state index in [2.05, 4.69) is 10.3 Å². The summed E-state index contributed by atoms with van der Waals surface area (Å²) in [6, 6.07) is 11.1. The molecule has 0 atom stereocenters. The number of rotatable bonds is 3. The molecule has 0 amide bonds. The second kappa shape index (κ2) is 5.81. The van der Waals surface area contributed by atoms with Crippen molar-refractivity contribution < 1.29 is 14.3 Å². The summed E-state index contributed by atoms with van der Waals surface area (Å²) >= 11 is 5.87. The quantitative estimate of drug-likeness (QED) is 0.794. The van der Waals surface area contributed by atoms with Crippen molar-refractivity contribution in [3.8, 4) is 16.9 Å². The zero-order valence-electron chi connectivity index (χ0n) is 12.0. The lowest BCUT2D eigenvalue weighted by Crippen LogP contribution is -2.03. The van der Waals surface area contributed by atoms with Gasteiger partial charge in [-0.25, -0.2) is 13.9 Å². The summed E-state index contributed by atoms with van der Waals surface area (Å²) in [6.07, 6.45) is 0. The van der Waals surface area contributed by atoms with Crippen molar-refractivity contribution >= 4 is 17.6 Å². The van der Waals surface area contributed by atoms with Crippen LogP contribution < -0.4 is 0 Å². The van der Waals surface area contributed by atoms with E-state index in [4.69, 9.17) is 11.6 Å². The van der Waals surface area contributed by atoms with E-state index in [0.717, 1.165) is 0 Å². The van der Waals surface area contributed by atoms with Crippen LogP contribution in [0.15, 0.2) is 42.5 Å². The smallest absolute Gasteiger partial charge is 0.358 e. The van der Waals surface area contributed by atoms with Gasteiger partial charge in [-0.05, 0) is 36.8 Å². The Hall–Kier alpha value is -2.73. The predicted octanol–water partition coefficient (Wildman–Crippen LogP) is 3.73. The third-order valence-corrected chi connectivity index (χ3v) is 3.64. The number of halogens is 2. The summed E-state index contributed by atoms with van der Waals surface area (Å²) in [6.45, 7) is 1.64. The normalized spacial score (nSPS) is 10.7. The number of nitrogens with zero attached hydrogens (tertiary/aromatic N) is 3. The van der Waals surface area contributed by atoms with E-state index in [9.17, 15) is 14.3 Å². The molecule has 0 aliphatic heterocycles. The van der Waals surface area contributed by atoms with Crippen LogP contribution in [-0.4, -0.2) is 26.1 Å². The minimum absolute atomic E-state index is 0.215. The highest BCUT2D eigenvalue weighted by Crippen LogP contribution is 2.27. The van der Waals surface area contributed by atoms with Gasteiger partial charge in [0, 0.05) is 10.6 Å². The lowest BCUT2D eigenvalue weighted by atomic mass is 10.1. The average molecular weight is 332 g/mol. The number of aryl methyl sites for hydroxylation is 1. The molecule has 0 aliphatic carbocycles. The molecule has 23 heavy (non-hydrogen) atoms. The Morgan fingerprint density at radius 3 is 2.52 bits per heavy atom. The molecule has 116 valence electrons. The van der Waals surface area contributed by atoms with Crippen LogP contribution in [0.4, 0.5) is 4.39 Å². The molecule has 0 fully saturated rings. The van der Waals surface area contributed by atoms with E-state index in [0.29, 0.717) is 21.8 Å². The Morgan fingerprint density at radius 2 is 1.91 bits per heavy atom.